The van der Waals surface area contributed by atoms with Gasteiger partial charge in [0, 0.05) is 35.5 Å². The van der Waals surface area contributed by atoms with Crippen molar-refractivity contribution in [2.45, 2.75) is 19.4 Å². The fourth-order valence-corrected chi connectivity index (χ4v) is 5.70. The number of ether oxygens (including phenoxy) is 1. The Bertz CT molecular complexity index is 1190. The number of aryl methyl sites for hydroxylation is 1. The third-order valence-electron chi connectivity index (χ3n) is 6.12. The van der Waals surface area contributed by atoms with Gasteiger partial charge < -0.3 is 15.0 Å². The first kappa shape index (κ1) is 20.2. The Morgan fingerprint density at radius 3 is 2.68 bits per heavy atom. The van der Waals surface area contributed by atoms with Crippen molar-refractivity contribution >= 4 is 32.8 Å². The Balaban J connectivity index is 1.30. The number of hydrogen-bond donors (Lipinski definition) is 1. The van der Waals surface area contributed by atoms with Gasteiger partial charge in [-0.3, -0.25) is 4.79 Å². The minimum Gasteiger partial charge on any atom is -0.487 e. The molecule has 8 heteroatoms. The summed E-state index contributed by atoms with van der Waals surface area (Å²) in [5, 5.41) is 2.77. The van der Waals surface area contributed by atoms with E-state index in [4.69, 9.17) is 4.74 Å². The average Bonchev–Trinajstić information content (AvgIpc) is 3.28. The molecule has 0 aromatic heterocycles. The number of sulfone groups is 1. The number of anilines is 1. The second-order valence-corrected chi connectivity index (χ2v) is 10.5. The van der Waals surface area contributed by atoms with Gasteiger partial charge in [-0.2, -0.15) is 0 Å². The summed E-state index contributed by atoms with van der Waals surface area (Å²) in [6.07, 6.45) is 1.83. The molecule has 0 unspecified atom stereocenters. The van der Waals surface area contributed by atoms with E-state index >= 15 is 0 Å². The van der Waals surface area contributed by atoms with Crippen molar-refractivity contribution in [1.82, 2.24) is 4.90 Å². The van der Waals surface area contributed by atoms with Gasteiger partial charge in [0.2, 0.25) is 0 Å². The maximum absolute atomic E-state index is 13.8. The van der Waals surface area contributed by atoms with E-state index in [0.29, 0.717) is 42.3 Å². The van der Waals surface area contributed by atoms with Crippen LogP contribution in [0.15, 0.2) is 36.4 Å². The van der Waals surface area contributed by atoms with E-state index in [1.807, 2.05) is 12.1 Å². The smallest absolute Gasteiger partial charge is 0.260 e. The summed E-state index contributed by atoms with van der Waals surface area (Å²) in [6, 6.07) is 10.4. The van der Waals surface area contributed by atoms with Crippen LogP contribution in [0.2, 0.25) is 0 Å². The molecule has 162 valence electrons. The highest BCUT2D eigenvalue weighted by molar-refractivity contribution is 7.91. The molecule has 2 aromatic rings. The van der Waals surface area contributed by atoms with Gasteiger partial charge in [0.1, 0.15) is 18.2 Å². The lowest BCUT2D eigenvalue weighted by Crippen LogP contribution is -2.40. The second-order valence-electron chi connectivity index (χ2n) is 8.23. The number of amides is 1. The molecule has 3 heterocycles. The molecule has 1 N–H and O–H groups in total. The van der Waals surface area contributed by atoms with Crippen LogP contribution in [0.25, 0.3) is 11.3 Å². The number of nitrogens with one attached hydrogen (secondary N) is 1. The van der Waals surface area contributed by atoms with Crippen LogP contribution in [0.5, 0.6) is 0 Å². The van der Waals surface area contributed by atoms with Crippen LogP contribution >= 0.6 is 0 Å². The number of halogens is 1. The maximum atomic E-state index is 13.8. The van der Waals surface area contributed by atoms with Crippen LogP contribution in [0, 0.1) is 5.82 Å². The van der Waals surface area contributed by atoms with Crippen molar-refractivity contribution in [3.8, 4) is 0 Å². The molecule has 0 saturated carbocycles. The molecule has 1 fully saturated rings. The van der Waals surface area contributed by atoms with Crippen LogP contribution < -0.4 is 5.32 Å². The van der Waals surface area contributed by atoms with Crippen molar-refractivity contribution in [3.05, 3.63) is 64.5 Å². The second kappa shape index (κ2) is 7.76. The first-order valence-corrected chi connectivity index (χ1v) is 12.2. The summed E-state index contributed by atoms with van der Waals surface area (Å²) in [6.45, 7) is 2.48. The van der Waals surface area contributed by atoms with Gasteiger partial charge in [-0.15, -0.1) is 0 Å². The highest BCUT2D eigenvalue weighted by atomic mass is 32.2. The Kier molecular flexibility index (Phi) is 5.06. The van der Waals surface area contributed by atoms with E-state index in [-0.39, 0.29) is 17.4 Å². The number of carbonyl (C=O) groups is 1. The number of carbonyl (C=O) groups excluding carboxylic acids is 1. The first-order valence-electron chi connectivity index (χ1n) is 10.4. The lowest BCUT2D eigenvalue weighted by Gasteiger charge is -2.26. The van der Waals surface area contributed by atoms with Crippen LogP contribution in [0.4, 0.5) is 10.1 Å². The van der Waals surface area contributed by atoms with Crippen LogP contribution in [-0.2, 0) is 32.4 Å². The third-order valence-corrected chi connectivity index (χ3v) is 7.73. The number of fused-ring (bicyclic) bond motifs is 2. The minimum absolute atomic E-state index is 0.251. The molecule has 0 radical (unpaired) electrons. The van der Waals surface area contributed by atoms with E-state index in [1.165, 1.54) is 17.7 Å². The molecule has 0 bridgehead atoms. The summed E-state index contributed by atoms with van der Waals surface area (Å²) in [5.74, 6) is 0.324. The Morgan fingerprint density at radius 1 is 1.06 bits per heavy atom. The summed E-state index contributed by atoms with van der Waals surface area (Å²) in [7, 11) is -2.85. The molecule has 2 aromatic carbocycles. The Labute approximate surface area is 180 Å². The van der Waals surface area contributed by atoms with Crippen LogP contribution in [0.1, 0.15) is 28.7 Å². The van der Waals surface area contributed by atoms with Gasteiger partial charge in [0.05, 0.1) is 17.1 Å². The lowest BCUT2D eigenvalue weighted by atomic mass is 9.98. The van der Waals surface area contributed by atoms with Crippen molar-refractivity contribution in [2.24, 2.45) is 0 Å². The topological polar surface area (TPSA) is 75.7 Å². The zero-order valence-electron chi connectivity index (χ0n) is 17.0. The molecule has 0 atom stereocenters. The lowest BCUT2D eigenvalue weighted by molar-refractivity contribution is -0.110. The van der Waals surface area contributed by atoms with Crippen LogP contribution in [0.3, 0.4) is 0 Å². The van der Waals surface area contributed by atoms with E-state index in [0.717, 1.165) is 30.5 Å². The molecule has 0 spiro atoms. The molecule has 1 amide bonds. The highest BCUT2D eigenvalue weighted by Gasteiger charge is 2.32. The summed E-state index contributed by atoms with van der Waals surface area (Å²) in [5.41, 5.74) is 4.56. The van der Waals surface area contributed by atoms with E-state index in [2.05, 4.69) is 16.3 Å². The van der Waals surface area contributed by atoms with Crippen LogP contribution in [-0.4, -0.2) is 50.4 Å². The van der Waals surface area contributed by atoms with Gasteiger partial charge in [-0.1, -0.05) is 18.2 Å². The zero-order chi connectivity index (χ0) is 21.6. The van der Waals surface area contributed by atoms with Crippen molar-refractivity contribution < 1.29 is 22.3 Å². The molecule has 6 nitrogen and oxygen atoms in total. The van der Waals surface area contributed by atoms with E-state index in [1.54, 1.807) is 6.07 Å². The largest absolute Gasteiger partial charge is 0.487 e. The summed E-state index contributed by atoms with van der Waals surface area (Å²) < 4.78 is 42.7. The molecule has 31 heavy (non-hydrogen) atoms. The molecule has 5 rings (SSSR count). The first-order chi connectivity index (χ1) is 14.9. The molecule has 3 aliphatic heterocycles. The average molecular weight is 443 g/mol. The SMILES string of the molecule is O=C1Nc2ccc(F)cc2/C1=C1\OCc2cc(CCCN3CCS(=O)(=O)CC3)ccc21. The van der Waals surface area contributed by atoms with Crippen molar-refractivity contribution in [3.63, 3.8) is 0 Å². The summed E-state index contributed by atoms with van der Waals surface area (Å²) in [4.78, 5) is 14.7. The Morgan fingerprint density at radius 2 is 1.87 bits per heavy atom. The Hall–Kier alpha value is -2.71. The van der Waals surface area contributed by atoms with Gasteiger partial charge in [-0.05, 0) is 43.1 Å². The standard InChI is InChI=1S/C23H23FN2O4S/c24-17-4-6-20-19(13-17)21(23(27)25-20)22-18-5-3-15(12-16(18)14-30-22)2-1-7-26-8-10-31(28,29)11-9-26/h3-6,12-13H,1-2,7-11,14H2,(H,25,27)/b22-21+. The van der Waals surface area contributed by atoms with Gasteiger partial charge in [0.25, 0.3) is 5.91 Å². The molecular weight excluding hydrogens is 419 g/mol. The highest BCUT2D eigenvalue weighted by Crippen LogP contribution is 2.42. The third kappa shape index (κ3) is 3.97. The molecule has 3 aliphatic rings. The maximum Gasteiger partial charge on any atom is 0.260 e. The number of rotatable bonds is 4. The zero-order valence-corrected chi connectivity index (χ0v) is 17.8. The fraction of sp³-hybridized carbons (Fsp3) is 0.348. The van der Waals surface area contributed by atoms with Gasteiger partial charge >= 0.3 is 0 Å². The van der Waals surface area contributed by atoms with E-state index < -0.39 is 15.7 Å². The molecule has 0 aliphatic carbocycles. The molecule has 1 saturated heterocycles. The van der Waals surface area contributed by atoms with Gasteiger partial charge in [0.15, 0.2) is 9.84 Å². The van der Waals surface area contributed by atoms with E-state index in [9.17, 15) is 17.6 Å². The number of nitrogens with zero attached hydrogens (tertiary/aromatic N) is 1. The predicted molar refractivity (Wildman–Crippen MR) is 116 cm³/mol. The molecular formula is C23H23FN2O4S. The van der Waals surface area contributed by atoms with Crippen molar-refractivity contribution in [2.75, 3.05) is 36.5 Å². The fourth-order valence-electron chi connectivity index (χ4n) is 4.42. The predicted octanol–water partition coefficient (Wildman–Crippen LogP) is 2.84. The van der Waals surface area contributed by atoms with Crippen molar-refractivity contribution in [1.29, 1.82) is 0 Å². The summed E-state index contributed by atoms with van der Waals surface area (Å²) >= 11 is 0. The monoisotopic (exact) mass is 442 g/mol. The number of benzene rings is 2. The van der Waals surface area contributed by atoms with Gasteiger partial charge in [-0.25, -0.2) is 12.8 Å². The number of hydrogen-bond acceptors (Lipinski definition) is 5. The quantitative estimate of drug-likeness (QED) is 0.737. The normalized spacial score (nSPS) is 22.0. The minimum atomic E-state index is -2.85.